The predicted molar refractivity (Wildman–Crippen MR) is 79.8 cm³/mol. The standard InChI is InChI=1S/C12H18F2N4O.2ClH/c13-12(14)18-5-4-16-10(18)7-17-11(19)8-2-1-3-9(15)6-8;;/h4-5,8-9,12H,1-3,6-7,15H2,(H,17,19);2*1H. The minimum Gasteiger partial charge on any atom is -0.349 e. The van der Waals surface area contributed by atoms with Gasteiger partial charge in [0, 0.05) is 24.4 Å². The third-order valence-corrected chi connectivity index (χ3v) is 3.47. The van der Waals surface area contributed by atoms with Gasteiger partial charge in [0.15, 0.2) is 0 Å². The van der Waals surface area contributed by atoms with E-state index in [0.29, 0.717) is 6.42 Å². The maximum Gasteiger partial charge on any atom is 0.319 e. The maximum absolute atomic E-state index is 12.6. The van der Waals surface area contributed by atoms with Crippen LogP contribution in [-0.2, 0) is 11.3 Å². The van der Waals surface area contributed by atoms with Gasteiger partial charge in [0.1, 0.15) is 5.82 Å². The topological polar surface area (TPSA) is 72.9 Å². The molecule has 3 N–H and O–H groups in total. The first-order valence-electron chi connectivity index (χ1n) is 6.41. The number of nitrogens with two attached hydrogens (primary N) is 1. The van der Waals surface area contributed by atoms with Crippen molar-refractivity contribution < 1.29 is 13.6 Å². The van der Waals surface area contributed by atoms with Crippen LogP contribution in [0.25, 0.3) is 0 Å². The summed E-state index contributed by atoms with van der Waals surface area (Å²) in [5.74, 6) is -0.0823. The van der Waals surface area contributed by atoms with Crippen molar-refractivity contribution in [3.63, 3.8) is 0 Å². The molecule has 21 heavy (non-hydrogen) atoms. The van der Waals surface area contributed by atoms with Crippen LogP contribution in [0, 0.1) is 5.92 Å². The number of imidazole rings is 1. The van der Waals surface area contributed by atoms with Gasteiger partial charge in [0.05, 0.1) is 6.54 Å². The number of hydrogen-bond donors (Lipinski definition) is 2. The molecule has 1 aromatic heterocycles. The SMILES string of the molecule is Cl.Cl.NC1CCCC(C(=O)NCc2nccn2C(F)F)C1. The van der Waals surface area contributed by atoms with Gasteiger partial charge in [-0.2, -0.15) is 8.78 Å². The Hall–Kier alpha value is -0.920. The molecule has 0 aromatic carbocycles. The molecule has 0 spiro atoms. The van der Waals surface area contributed by atoms with Crippen LogP contribution in [0.3, 0.4) is 0 Å². The maximum atomic E-state index is 12.6. The van der Waals surface area contributed by atoms with Gasteiger partial charge < -0.3 is 11.1 Å². The zero-order valence-electron chi connectivity index (χ0n) is 11.4. The molecule has 1 aromatic rings. The Bertz CT molecular complexity index is 445. The van der Waals surface area contributed by atoms with Crippen LogP contribution in [0.15, 0.2) is 12.4 Å². The van der Waals surface area contributed by atoms with Gasteiger partial charge >= 0.3 is 6.55 Å². The fourth-order valence-electron chi connectivity index (χ4n) is 2.43. The summed E-state index contributed by atoms with van der Waals surface area (Å²) in [5.41, 5.74) is 5.82. The Labute approximate surface area is 134 Å². The van der Waals surface area contributed by atoms with Crippen LogP contribution in [-0.4, -0.2) is 21.5 Å². The number of rotatable bonds is 4. The van der Waals surface area contributed by atoms with Crippen molar-refractivity contribution in [2.45, 2.75) is 44.8 Å². The van der Waals surface area contributed by atoms with Crippen LogP contribution in [0.2, 0.25) is 0 Å². The second-order valence-corrected chi connectivity index (χ2v) is 4.87. The van der Waals surface area contributed by atoms with E-state index in [1.165, 1.54) is 12.4 Å². The Morgan fingerprint density at radius 2 is 2.19 bits per heavy atom. The quantitative estimate of drug-likeness (QED) is 0.879. The summed E-state index contributed by atoms with van der Waals surface area (Å²) in [6.07, 6.45) is 5.84. The molecule has 1 heterocycles. The first kappa shape index (κ1) is 20.1. The van der Waals surface area contributed by atoms with Crippen molar-refractivity contribution in [2.24, 2.45) is 11.7 Å². The largest absolute Gasteiger partial charge is 0.349 e. The van der Waals surface area contributed by atoms with Gasteiger partial charge in [-0.1, -0.05) is 6.42 Å². The van der Waals surface area contributed by atoms with E-state index in [1.807, 2.05) is 0 Å². The number of halogens is 4. The third kappa shape index (κ3) is 5.41. The summed E-state index contributed by atoms with van der Waals surface area (Å²) in [4.78, 5) is 15.7. The molecule has 9 heteroatoms. The summed E-state index contributed by atoms with van der Waals surface area (Å²) in [6, 6.07) is 0.0625. The predicted octanol–water partition coefficient (Wildman–Crippen LogP) is 2.26. The van der Waals surface area contributed by atoms with E-state index >= 15 is 0 Å². The molecule has 1 saturated carbocycles. The highest BCUT2D eigenvalue weighted by atomic mass is 35.5. The molecule has 1 aliphatic rings. The number of nitrogens with one attached hydrogen (secondary N) is 1. The number of carbonyl (C=O) groups is 1. The summed E-state index contributed by atoms with van der Waals surface area (Å²) in [6.45, 7) is -2.63. The van der Waals surface area contributed by atoms with Gasteiger partial charge in [-0.15, -0.1) is 24.8 Å². The van der Waals surface area contributed by atoms with Crippen LogP contribution in [0.4, 0.5) is 8.78 Å². The van der Waals surface area contributed by atoms with Crippen LogP contribution in [0.5, 0.6) is 0 Å². The van der Waals surface area contributed by atoms with Crippen molar-refractivity contribution >= 4 is 30.7 Å². The minimum atomic E-state index is -2.64. The smallest absolute Gasteiger partial charge is 0.319 e. The molecule has 1 fully saturated rings. The van der Waals surface area contributed by atoms with Crippen LogP contribution >= 0.6 is 24.8 Å². The highest BCUT2D eigenvalue weighted by Crippen LogP contribution is 2.23. The third-order valence-electron chi connectivity index (χ3n) is 3.47. The Morgan fingerprint density at radius 3 is 2.81 bits per heavy atom. The highest BCUT2D eigenvalue weighted by molar-refractivity contribution is 5.85. The Kier molecular flexibility index (Phi) is 8.77. The number of alkyl halides is 2. The number of aromatic nitrogens is 2. The van der Waals surface area contributed by atoms with Gasteiger partial charge in [-0.25, -0.2) is 4.98 Å². The van der Waals surface area contributed by atoms with E-state index in [9.17, 15) is 13.6 Å². The van der Waals surface area contributed by atoms with Gasteiger partial charge in [0.2, 0.25) is 5.91 Å². The zero-order valence-corrected chi connectivity index (χ0v) is 13.0. The molecule has 2 atom stereocenters. The van der Waals surface area contributed by atoms with Crippen molar-refractivity contribution in [2.75, 3.05) is 0 Å². The van der Waals surface area contributed by atoms with E-state index < -0.39 is 6.55 Å². The molecular formula is C12H20Cl2F2N4O. The van der Waals surface area contributed by atoms with E-state index in [2.05, 4.69) is 10.3 Å². The first-order chi connectivity index (χ1) is 9.08. The van der Waals surface area contributed by atoms with Gasteiger partial charge in [-0.05, 0) is 19.3 Å². The Morgan fingerprint density at radius 1 is 1.48 bits per heavy atom. The van der Waals surface area contributed by atoms with Crippen molar-refractivity contribution in [3.8, 4) is 0 Å². The van der Waals surface area contributed by atoms with Crippen molar-refractivity contribution in [1.82, 2.24) is 14.9 Å². The minimum absolute atomic E-state index is 0. The normalized spacial score (nSPS) is 21.3. The van der Waals surface area contributed by atoms with E-state index in [0.717, 1.165) is 23.8 Å². The lowest BCUT2D eigenvalue weighted by Gasteiger charge is -2.25. The molecule has 1 amide bonds. The second-order valence-electron chi connectivity index (χ2n) is 4.87. The molecular weight excluding hydrogens is 325 g/mol. The average molecular weight is 345 g/mol. The highest BCUT2D eigenvalue weighted by Gasteiger charge is 2.25. The lowest BCUT2D eigenvalue weighted by molar-refractivity contribution is -0.126. The van der Waals surface area contributed by atoms with Gasteiger partial charge in [0.25, 0.3) is 0 Å². The monoisotopic (exact) mass is 344 g/mol. The molecule has 2 unspecified atom stereocenters. The average Bonchev–Trinajstić information content (AvgIpc) is 2.84. The molecule has 0 saturated heterocycles. The number of carbonyl (C=O) groups excluding carboxylic acids is 1. The fourth-order valence-corrected chi connectivity index (χ4v) is 2.43. The van der Waals surface area contributed by atoms with Crippen LogP contribution in [0.1, 0.15) is 38.1 Å². The van der Waals surface area contributed by atoms with E-state index in [-0.39, 0.29) is 55.1 Å². The zero-order chi connectivity index (χ0) is 13.8. The van der Waals surface area contributed by atoms with E-state index in [1.54, 1.807) is 0 Å². The second kappa shape index (κ2) is 9.17. The summed E-state index contributed by atoms with van der Waals surface area (Å²) in [5, 5.41) is 2.66. The summed E-state index contributed by atoms with van der Waals surface area (Å²) >= 11 is 0. The molecule has 2 rings (SSSR count). The van der Waals surface area contributed by atoms with Crippen molar-refractivity contribution in [3.05, 3.63) is 18.2 Å². The van der Waals surface area contributed by atoms with E-state index in [4.69, 9.17) is 5.73 Å². The molecule has 5 nitrogen and oxygen atoms in total. The van der Waals surface area contributed by atoms with Gasteiger partial charge in [-0.3, -0.25) is 9.36 Å². The number of hydrogen-bond acceptors (Lipinski definition) is 3. The number of nitrogens with zero attached hydrogens (tertiary/aromatic N) is 2. The molecule has 1 aliphatic carbocycles. The molecule has 122 valence electrons. The molecule has 0 radical (unpaired) electrons. The van der Waals surface area contributed by atoms with Crippen molar-refractivity contribution in [1.29, 1.82) is 0 Å². The summed E-state index contributed by atoms with van der Waals surface area (Å²) in [7, 11) is 0. The number of amides is 1. The lowest BCUT2D eigenvalue weighted by atomic mass is 9.85. The lowest BCUT2D eigenvalue weighted by Crippen LogP contribution is -2.37. The molecule has 0 aliphatic heterocycles. The first-order valence-corrected chi connectivity index (χ1v) is 6.41. The summed E-state index contributed by atoms with van der Waals surface area (Å²) < 4.78 is 25.9. The van der Waals surface area contributed by atoms with Crippen LogP contribution < -0.4 is 11.1 Å². The Balaban J connectivity index is 0.00000200. The molecule has 0 bridgehead atoms. The fraction of sp³-hybridized carbons (Fsp3) is 0.667.